The molecule has 0 atom stereocenters. The molecule has 3 N–H and O–H groups in total. The topological polar surface area (TPSA) is 78.4 Å². The molecule has 1 aromatic carbocycles. The second-order valence-electron chi connectivity index (χ2n) is 3.70. The van der Waals surface area contributed by atoms with Gasteiger partial charge in [0.25, 0.3) is 0 Å². The van der Waals surface area contributed by atoms with E-state index in [9.17, 15) is 14.0 Å². The fraction of sp³-hybridized carbons (Fsp3) is 0.333. The number of para-hydroxylation sites is 1. The molecule has 1 aromatic rings. The first-order valence-electron chi connectivity index (χ1n) is 5.56. The Morgan fingerprint density at radius 3 is 2.67 bits per heavy atom. The molecule has 1 amide bonds. The van der Waals surface area contributed by atoms with Crippen LogP contribution in [0.1, 0.15) is 12.8 Å². The number of nitrogens with one attached hydrogen (secondary N) is 2. The average Bonchev–Trinajstić information content (AvgIpc) is 2.31. The van der Waals surface area contributed by atoms with Crippen molar-refractivity contribution in [2.75, 3.05) is 18.4 Å². The van der Waals surface area contributed by atoms with E-state index in [4.69, 9.17) is 5.11 Å². The van der Waals surface area contributed by atoms with Crippen LogP contribution in [0.3, 0.4) is 0 Å². The second-order valence-corrected chi connectivity index (χ2v) is 3.70. The van der Waals surface area contributed by atoms with E-state index in [1.54, 1.807) is 6.07 Å². The van der Waals surface area contributed by atoms with Crippen molar-refractivity contribution in [1.82, 2.24) is 5.32 Å². The molecule has 0 unspecified atom stereocenters. The van der Waals surface area contributed by atoms with Gasteiger partial charge in [0.2, 0.25) is 5.91 Å². The van der Waals surface area contributed by atoms with Crippen LogP contribution < -0.4 is 10.6 Å². The van der Waals surface area contributed by atoms with Crippen LogP contribution in [0.4, 0.5) is 10.1 Å². The van der Waals surface area contributed by atoms with Crippen molar-refractivity contribution in [2.45, 2.75) is 12.8 Å². The zero-order valence-corrected chi connectivity index (χ0v) is 9.78. The van der Waals surface area contributed by atoms with Gasteiger partial charge in [0, 0.05) is 6.42 Å². The van der Waals surface area contributed by atoms with Crippen molar-refractivity contribution in [3.05, 3.63) is 30.1 Å². The lowest BCUT2D eigenvalue weighted by Crippen LogP contribution is -2.29. The van der Waals surface area contributed by atoms with E-state index < -0.39 is 11.8 Å². The van der Waals surface area contributed by atoms with Gasteiger partial charge in [-0.05, 0) is 25.1 Å². The molecule has 6 heteroatoms. The highest BCUT2D eigenvalue weighted by Gasteiger charge is 2.05. The third-order valence-electron chi connectivity index (χ3n) is 2.18. The van der Waals surface area contributed by atoms with Crippen molar-refractivity contribution in [2.24, 2.45) is 0 Å². The molecular weight excluding hydrogens is 239 g/mol. The van der Waals surface area contributed by atoms with Gasteiger partial charge in [0.15, 0.2) is 0 Å². The van der Waals surface area contributed by atoms with Gasteiger partial charge in [-0.15, -0.1) is 0 Å². The number of amides is 1. The smallest absolute Gasteiger partial charge is 0.303 e. The van der Waals surface area contributed by atoms with Gasteiger partial charge in [-0.3, -0.25) is 9.59 Å². The molecule has 0 radical (unpaired) electrons. The maximum absolute atomic E-state index is 13.2. The fourth-order valence-corrected chi connectivity index (χ4v) is 1.32. The molecule has 0 aliphatic rings. The summed E-state index contributed by atoms with van der Waals surface area (Å²) in [4.78, 5) is 21.6. The predicted molar refractivity (Wildman–Crippen MR) is 64.8 cm³/mol. The Labute approximate surface area is 104 Å². The van der Waals surface area contributed by atoms with E-state index in [2.05, 4.69) is 10.6 Å². The minimum Gasteiger partial charge on any atom is -0.481 e. The summed E-state index contributed by atoms with van der Waals surface area (Å²) >= 11 is 0. The van der Waals surface area contributed by atoms with E-state index in [-0.39, 0.29) is 24.6 Å². The van der Waals surface area contributed by atoms with Gasteiger partial charge >= 0.3 is 5.97 Å². The lowest BCUT2D eigenvalue weighted by Gasteiger charge is -2.06. The summed E-state index contributed by atoms with van der Waals surface area (Å²) in [6.45, 7) is 0.449. The lowest BCUT2D eigenvalue weighted by molar-refractivity contribution is -0.137. The van der Waals surface area contributed by atoms with Gasteiger partial charge in [-0.1, -0.05) is 12.1 Å². The Bertz CT molecular complexity index is 424. The summed E-state index contributed by atoms with van der Waals surface area (Å²) in [7, 11) is 0. The van der Waals surface area contributed by atoms with Crippen LogP contribution in [-0.2, 0) is 9.59 Å². The van der Waals surface area contributed by atoms with Crippen LogP contribution in [0, 0.1) is 5.82 Å². The first kappa shape index (κ1) is 14.1. The number of rotatable bonds is 7. The standard InChI is InChI=1S/C12H15FN2O3/c13-9-4-1-2-5-10(9)15-11(16)8-14-7-3-6-12(17)18/h1-2,4-5,14H,3,6-8H2,(H,15,16)(H,17,18). The molecule has 0 bridgehead atoms. The van der Waals surface area contributed by atoms with Gasteiger partial charge < -0.3 is 15.7 Å². The highest BCUT2D eigenvalue weighted by molar-refractivity contribution is 5.92. The van der Waals surface area contributed by atoms with Crippen LogP contribution >= 0.6 is 0 Å². The van der Waals surface area contributed by atoms with Crippen molar-refractivity contribution >= 4 is 17.6 Å². The highest BCUT2D eigenvalue weighted by Crippen LogP contribution is 2.11. The Kier molecular flexibility index (Phi) is 5.79. The van der Waals surface area contributed by atoms with E-state index in [1.165, 1.54) is 18.2 Å². The molecule has 0 aliphatic carbocycles. The first-order valence-corrected chi connectivity index (χ1v) is 5.56. The Hall–Kier alpha value is -1.95. The van der Waals surface area contributed by atoms with E-state index in [0.29, 0.717) is 13.0 Å². The quantitative estimate of drug-likeness (QED) is 0.639. The summed E-state index contributed by atoms with van der Waals surface area (Å²) in [6.07, 6.45) is 0.504. The summed E-state index contributed by atoms with van der Waals surface area (Å²) in [5.41, 5.74) is 0.134. The molecule has 0 saturated carbocycles. The third-order valence-corrected chi connectivity index (χ3v) is 2.18. The number of benzene rings is 1. The van der Waals surface area contributed by atoms with Crippen molar-refractivity contribution < 1.29 is 19.1 Å². The SMILES string of the molecule is O=C(O)CCCNCC(=O)Nc1ccccc1F. The molecule has 1 rings (SSSR count). The monoisotopic (exact) mass is 254 g/mol. The number of anilines is 1. The molecule has 0 aromatic heterocycles. The molecule has 0 heterocycles. The molecule has 0 aliphatic heterocycles. The highest BCUT2D eigenvalue weighted by atomic mass is 19.1. The minimum atomic E-state index is -0.868. The number of hydrogen-bond donors (Lipinski definition) is 3. The zero-order valence-electron chi connectivity index (χ0n) is 9.78. The van der Waals surface area contributed by atoms with Crippen LogP contribution in [0.2, 0.25) is 0 Å². The molecule has 0 fully saturated rings. The summed E-state index contributed by atoms with van der Waals surface area (Å²) in [5.74, 6) is -1.72. The summed E-state index contributed by atoms with van der Waals surface area (Å²) < 4.78 is 13.2. The van der Waals surface area contributed by atoms with Gasteiger partial charge in [0.05, 0.1) is 12.2 Å². The second kappa shape index (κ2) is 7.39. The maximum atomic E-state index is 13.2. The number of aliphatic carboxylic acids is 1. The Balaban J connectivity index is 2.22. The molecular formula is C12H15FN2O3. The van der Waals surface area contributed by atoms with Crippen molar-refractivity contribution in [3.8, 4) is 0 Å². The van der Waals surface area contributed by atoms with Gasteiger partial charge in [0.1, 0.15) is 5.82 Å². The third kappa shape index (κ3) is 5.40. The van der Waals surface area contributed by atoms with Crippen LogP contribution in [-0.4, -0.2) is 30.1 Å². The normalized spacial score (nSPS) is 10.1. The van der Waals surface area contributed by atoms with E-state index >= 15 is 0 Å². The predicted octanol–water partition coefficient (Wildman–Crippen LogP) is 1.22. The first-order chi connectivity index (χ1) is 8.59. The van der Waals surface area contributed by atoms with Gasteiger partial charge in [-0.25, -0.2) is 4.39 Å². The van der Waals surface area contributed by atoms with Crippen LogP contribution in [0.15, 0.2) is 24.3 Å². The number of halogens is 1. The zero-order chi connectivity index (χ0) is 13.4. The Morgan fingerprint density at radius 1 is 1.28 bits per heavy atom. The van der Waals surface area contributed by atoms with Gasteiger partial charge in [-0.2, -0.15) is 0 Å². The molecule has 18 heavy (non-hydrogen) atoms. The minimum absolute atomic E-state index is 0.0218. The largest absolute Gasteiger partial charge is 0.481 e. The number of hydrogen-bond acceptors (Lipinski definition) is 3. The molecule has 0 spiro atoms. The molecule has 98 valence electrons. The number of carboxylic acids is 1. The average molecular weight is 254 g/mol. The molecule has 0 saturated heterocycles. The number of carbonyl (C=O) groups is 2. The van der Waals surface area contributed by atoms with Crippen LogP contribution in [0.25, 0.3) is 0 Å². The lowest BCUT2D eigenvalue weighted by atomic mass is 10.3. The maximum Gasteiger partial charge on any atom is 0.303 e. The van der Waals surface area contributed by atoms with Crippen LogP contribution in [0.5, 0.6) is 0 Å². The fourth-order valence-electron chi connectivity index (χ4n) is 1.32. The number of carbonyl (C=O) groups excluding carboxylic acids is 1. The van der Waals surface area contributed by atoms with Crippen molar-refractivity contribution in [1.29, 1.82) is 0 Å². The summed E-state index contributed by atoms with van der Waals surface area (Å²) in [5, 5.41) is 13.6. The van der Waals surface area contributed by atoms with E-state index in [1.807, 2.05) is 0 Å². The molecule has 5 nitrogen and oxygen atoms in total. The van der Waals surface area contributed by atoms with Crippen molar-refractivity contribution in [3.63, 3.8) is 0 Å². The van der Waals surface area contributed by atoms with E-state index in [0.717, 1.165) is 0 Å². The Morgan fingerprint density at radius 2 is 2.00 bits per heavy atom. The summed E-state index contributed by atoms with van der Waals surface area (Å²) in [6, 6.07) is 5.89. The number of carboxylic acid groups (broad SMARTS) is 1.